The Hall–Kier alpha value is -0.830. The molecule has 0 aromatic carbocycles. The van der Waals surface area contributed by atoms with Crippen molar-refractivity contribution in [2.45, 2.75) is 6.18 Å². The molecule has 0 radical (unpaired) electrons. The molecule has 0 aliphatic rings. The van der Waals surface area contributed by atoms with Crippen molar-refractivity contribution < 1.29 is 26.4 Å². The van der Waals surface area contributed by atoms with Crippen molar-refractivity contribution in [1.82, 2.24) is 10.0 Å². The number of halogens is 3. The first-order chi connectivity index (χ1) is 6.19. The van der Waals surface area contributed by atoms with Crippen LogP contribution in [-0.2, 0) is 14.8 Å². The summed E-state index contributed by atoms with van der Waals surface area (Å²) in [7, 11) is -2.47. The second-order valence-corrected chi connectivity index (χ2v) is 4.32. The first kappa shape index (κ1) is 13.2. The maximum Gasteiger partial charge on any atom is 0.471 e. The highest BCUT2D eigenvalue weighted by molar-refractivity contribution is 7.89. The van der Waals surface area contributed by atoms with Gasteiger partial charge in [0.25, 0.3) is 0 Å². The van der Waals surface area contributed by atoms with Gasteiger partial charge in [0.05, 0.1) is 5.75 Å². The van der Waals surface area contributed by atoms with Crippen LogP contribution in [0.3, 0.4) is 0 Å². The molecule has 84 valence electrons. The van der Waals surface area contributed by atoms with Crippen molar-refractivity contribution in [3.63, 3.8) is 0 Å². The highest BCUT2D eigenvalue weighted by atomic mass is 32.2. The smallest absolute Gasteiger partial charge is 0.347 e. The number of hydrogen-bond donors (Lipinski definition) is 2. The lowest BCUT2D eigenvalue weighted by Crippen LogP contribution is -2.40. The van der Waals surface area contributed by atoms with Crippen molar-refractivity contribution in [3.8, 4) is 0 Å². The first-order valence-electron chi connectivity index (χ1n) is 3.45. The van der Waals surface area contributed by atoms with Crippen LogP contribution in [0.5, 0.6) is 0 Å². The van der Waals surface area contributed by atoms with Crippen LogP contribution in [0, 0.1) is 0 Å². The summed E-state index contributed by atoms with van der Waals surface area (Å²) < 4.78 is 58.0. The minimum Gasteiger partial charge on any atom is -0.347 e. The van der Waals surface area contributed by atoms with Crippen molar-refractivity contribution in [1.29, 1.82) is 0 Å². The van der Waals surface area contributed by atoms with Crippen LogP contribution < -0.4 is 10.0 Å². The topological polar surface area (TPSA) is 75.3 Å². The van der Waals surface area contributed by atoms with Crippen LogP contribution in [0.4, 0.5) is 13.2 Å². The molecule has 0 aromatic rings. The third kappa shape index (κ3) is 5.02. The van der Waals surface area contributed by atoms with E-state index in [2.05, 4.69) is 0 Å². The zero-order chi connectivity index (χ0) is 11.4. The van der Waals surface area contributed by atoms with E-state index < -0.39 is 34.4 Å². The maximum atomic E-state index is 11.6. The Morgan fingerprint density at radius 1 is 1.36 bits per heavy atom. The summed E-state index contributed by atoms with van der Waals surface area (Å²) in [5.74, 6) is -2.74. The molecule has 0 aliphatic carbocycles. The number of hydrogen-bond acceptors (Lipinski definition) is 3. The van der Waals surface area contributed by atoms with Crippen LogP contribution in [0.25, 0.3) is 0 Å². The average Bonchev–Trinajstić information content (AvgIpc) is 2.02. The summed E-state index contributed by atoms with van der Waals surface area (Å²) in [5, 5.41) is 1.43. The Labute approximate surface area is 78.7 Å². The molecule has 14 heavy (non-hydrogen) atoms. The van der Waals surface area contributed by atoms with E-state index in [1.807, 2.05) is 4.72 Å². The molecule has 9 heteroatoms. The summed E-state index contributed by atoms with van der Waals surface area (Å²) in [6.07, 6.45) is -4.98. The number of rotatable bonds is 4. The van der Waals surface area contributed by atoms with E-state index in [4.69, 9.17) is 0 Å². The van der Waals surface area contributed by atoms with Crippen molar-refractivity contribution in [2.24, 2.45) is 0 Å². The zero-order valence-electron chi connectivity index (χ0n) is 7.18. The van der Waals surface area contributed by atoms with Crippen molar-refractivity contribution in [2.75, 3.05) is 19.3 Å². The molecular formula is C5H9F3N2O3S. The predicted octanol–water partition coefficient (Wildman–Crippen LogP) is -0.786. The van der Waals surface area contributed by atoms with E-state index in [0.29, 0.717) is 0 Å². The molecule has 0 saturated carbocycles. The lowest BCUT2D eigenvalue weighted by Gasteiger charge is -2.07. The van der Waals surface area contributed by atoms with Gasteiger partial charge in [-0.3, -0.25) is 4.79 Å². The molecule has 1 amide bonds. The standard InChI is InChI=1S/C5H9F3N2O3S/c1-9-14(12,13)3-2-10-4(11)5(6,7)8/h9H,2-3H2,1H3,(H,10,11). The molecule has 0 heterocycles. The molecule has 0 saturated heterocycles. The van der Waals surface area contributed by atoms with E-state index in [1.165, 1.54) is 5.32 Å². The summed E-state index contributed by atoms with van der Waals surface area (Å²) in [5.41, 5.74) is 0. The third-order valence-electron chi connectivity index (χ3n) is 1.22. The number of carbonyl (C=O) groups is 1. The van der Waals surface area contributed by atoms with E-state index in [9.17, 15) is 26.4 Å². The van der Waals surface area contributed by atoms with Crippen LogP contribution in [0.1, 0.15) is 0 Å². The van der Waals surface area contributed by atoms with Crippen LogP contribution in [0.15, 0.2) is 0 Å². The van der Waals surface area contributed by atoms with E-state index in [0.717, 1.165) is 7.05 Å². The van der Waals surface area contributed by atoms with Crippen LogP contribution in [-0.4, -0.2) is 39.8 Å². The van der Waals surface area contributed by atoms with Crippen molar-refractivity contribution in [3.05, 3.63) is 0 Å². The Morgan fingerprint density at radius 2 is 1.86 bits per heavy atom. The Morgan fingerprint density at radius 3 is 2.21 bits per heavy atom. The quantitative estimate of drug-likeness (QED) is 0.669. The van der Waals surface area contributed by atoms with Gasteiger partial charge in [0.15, 0.2) is 0 Å². The van der Waals surface area contributed by atoms with Gasteiger partial charge in [0.1, 0.15) is 0 Å². The normalized spacial score (nSPS) is 12.6. The fourth-order valence-electron chi connectivity index (χ4n) is 0.501. The number of sulfonamides is 1. The van der Waals surface area contributed by atoms with Gasteiger partial charge < -0.3 is 5.32 Å². The van der Waals surface area contributed by atoms with Gasteiger partial charge in [-0.05, 0) is 7.05 Å². The first-order valence-corrected chi connectivity index (χ1v) is 5.10. The summed E-state index contributed by atoms with van der Waals surface area (Å²) in [4.78, 5) is 10.2. The number of amides is 1. The Bertz CT molecular complexity index is 298. The molecular weight excluding hydrogens is 225 g/mol. The Balaban J connectivity index is 3.94. The molecule has 0 unspecified atom stereocenters. The summed E-state index contributed by atoms with van der Waals surface area (Å²) in [6.45, 7) is -0.582. The molecule has 2 N–H and O–H groups in total. The predicted molar refractivity (Wildman–Crippen MR) is 41.9 cm³/mol. The number of alkyl halides is 3. The molecule has 0 fully saturated rings. The largest absolute Gasteiger partial charge is 0.471 e. The van der Waals surface area contributed by atoms with Crippen LogP contribution >= 0.6 is 0 Å². The highest BCUT2D eigenvalue weighted by Gasteiger charge is 2.38. The van der Waals surface area contributed by atoms with Gasteiger partial charge >= 0.3 is 12.1 Å². The van der Waals surface area contributed by atoms with E-state index in [1.54, 1.807) is 0 Å². The lowest BCUT2D eigenvalue weighted by molar-refractivity contribution is -0.173. The second-order valence-electron chi connectivity index (χ2n) is 2.28. The monoisotopic (exact) mass is 234 g/mol. The molecule has 5 nitrogen and oxygen atoms in total. The summed E-state index contributed by atoms with van der Waals surface area (Å²) >= 11 is 0. The van der Waals surface area contributed by atoms with E-state index in [-0.39, 0.29) is 0 Å². The van der Waals surface area contributed by atoms with E-state index >= 15 is 0 Å². The molecule has 0 bridgehead atoms. The Kier molecular flexibility index (Phi) is 4.33. The lowest BCUT2D eigenvalue weighted by atomic mass is 10.5. The SMILES string of the molecule is CNS(=O)(=O)CCNC(=O)C(F)(F)F. The van der Waals surface area contributed by atoms with Crippen molar-refractivity contribution >= 4 is 15.9 Å². The minimum atomic E-state index is -4.98. The fourth-order valence-corrected chi connectivity index (χ4v) is 1.08. The fraction of sp³-hybridized carbons (Fsp3) is 0.800. The molecule has 0 aromatic heterocycles. The second kappa shape index (κ2) is 4.60. The molecule has 0 aliphatic heterocycles. The van der Waals surface area contributed by atoms with Gasteiger partial charge in [-0.2, -0.15) is 13.2 Å². The van der Waals surface area contributed by atoms with Gasteiger partial charge in [-0.1, -0.05) is 0 Å². The van der Waals surface area contributed by atoms with Crippen LogP contribution in [0.2, 0.25) is 0 Å². The van der Waals surface area contributed by atoms with Gasteiger partial charge in [0.2, 0.25) is 10.0 Å². The number of carbonyl (C=O) groups excluding carboxylic acids is 1. The molecule has 0 rings (SSSR count). The third-order valence-corrected chi connectivity index (χ3v) is 2.59. The average molecular weight is 234 g/mol. The minimum absolute atomic E-state index is 0.582. The van der Waals surface area contributed by atoms with Gasteiger partial charge in [0, 0.05) is 6.54 Å². The van der Waals surface area contributed by atoms with Gasteiger partial charge in [-0.15, -0.1) is 0 Å². The number of nitrogens with one attached hydrogen (secondary N) is 2. The zero-order valence-corrected chi connectivity index (χ0v) is 8.00. The summed E-state index contributed by atoms with van der Waals surface area (Å²) in [6, 6.07) is 0. The maximum absolute atomic E-state index is 11.6. The van der Waals surface area contributed by atoms with Gasteiger partial charge in [-0.25, -0.2) is 13.1 Å². The molecule has 0 spiro atoms. The molecule has 0 atom stereocenters. The highest BCUT2D eigenvalue weighted by Crippen LogP contribution is 2.13.